The minimum absolute atomic E-state index is 0.0128. The van der Waals surface area contributed by atoms with Crippen molar-refractivity contribution in [1.29, 1.82) is 0 Å². The van der Waals surface area contributed by atoms with E-state index in [-0.39, 0.29) is 26.1 Å². The molecule has 0 spiro atoms. The van der Waals surface area contributed by atoms with E-state index in [2.05, 4.69) is 44.2 Å². The molecule has 0 fully saturated rings. The predicted octanol–water partition coefficient (Wildman–Crippen LogP) is 10.7. The third-order valence-corrected chi connectivity index (χ3v) is 9.60. The molecule has 55 heavy (non-hydrogen) atoms. The van der Waals surface area contributed by atoms with Crippen molar-refractivity contribution < 1.29 is 47.2 Å². The lowest BCUT2D eigenvalue weighted by molar-refractivity contribution is -0.870. The van der Waals surface area contributed by atoms with Crippen LogP contribution in [0.2, 0.25) is 0 Å². The van der Waals surface area contributed by atoms with E-state index >= 15 is 0 Å². The number of esters is 2. The highest BCUT2D eigenvalue weighted by atomic mass is 31.2. The Bertz CT molecular complexity index is 1140. The molecule has 11 heteroatoms. The van der Waals surface area contributed by atoms with Gasteiger partial charge in [-0.1, -0.05) is 126 Å². The Kier molecular flexibility index (Phi) is 34.5. The maximum absolute atomic E-state index is 12.7. The zero-order valence-electron chi connectivity index (χ0n) is 35.3. The van der Waals surface area contributed by atoms with Gasteiger partial charge in [0.1, 0.15) is 19.8 Å². The average Bonchev–Trinajstić information content (AvgIpc) is 3.12. The van der Waals surface area contributed by atoms with Crippen molar-refractivity contribution in [2.45, 2.75) is 161 Å². The molecule has 0 radical (unpaired) electrons. The van der Waals surface area contributed by atoms with Crippen LogP contribution in [-0.2, 0) is 32.7 Å². The van der Waals surface area contributed by atoms with E-state index in [4.69, 9.17) is 18.5 Å². The summed E-state index contributed by atoms with van der Waals surface area (Å²) in [6, 6.07) is 0. The van der Waals surface area contributed by atoms with Gasteiger partial charge in [0.2, 0.25) is 0 Å². The van der Waals surface area contributed by atoms with Crippen LogP contribution in [-0.4, -0.2) is 86.1 Å². The number of carbonyl (C=O) groups excluding carboxylic acids is 2. The average molecular weight is 797 g/mol. The molecule has 0 bridgehead atoms. The van der Waals surface area contributed by atoms with Crippen LogP contribution in [0.25, 0.3) is 0 Å². The fourth-order valence-corrected chi connectivity index (χ4v) is 6.00. The zero-order chi connectivity index (χ0) is 40.9. The van der Waals surface area contributed by atoms with Gasteiger partial charge in [-0.2, -0.15) is 0 Å². The minimum atomic E-state index is -4.40. The van der Waals surface area contributed by atoms with E-state index in [0.29, 0.717) is 30.3 Å². The number of hydrogen-bond donors (Lipinski definition) is 2. The molecule has 0 aliphatic heterocycles. The Balaban J connectivity index is 4.49. The van der Waals surface area contributed by atoms with Gasteiger partial charge in [0.25, 0.3) is 0 Å². The zero-order valence-corrected chi connectivity index (χ0v) is 36.1. The number of ether oxygens (including phenoxy) is 2. The normalized spacial score (nSPS) is 14.8. The molecule has 2 unspecified atom stereocenters. The van der Waals surface area contributed by atoms with Crippen LogP contribution in [0.3, 0.4) is 0 Å². The van der Waals surface area contributed by atoms with Gasteiger partial charge in [0.15, 0.2) is 6.10 Å². The Morgan fingerprint density at radius 3 is 1.87 bits per heavy atom. The molecule has 0 aliphatic rings. The van der Waals surface area contributed by atoms with Gasteiger partial charge >= 0.3 is 19.8 Å². The lowest BCUT2D eigenvalue weighted by Gasteiger charge is -2.24. The third kappa shape index (κ3) is 39.7. The van der Waals surface area contributed by atoms with Crippen LogP contribution < -0.4 is 0 Å². The molecule has 0 saturated heterocycles. The van der Waals surface area contributed by atoms with E-state index < -0.39 is 38.6 Å². The highest BCUT2D eigenvalue weighted by Gasteiger charge is 2.27. The molecule has 318 valence electrons. The fraction of sp³-hybridized carbons (Fsp3) is 0.727. The van der Waals surface area contributed by atoms with E-state index in [1.807, 2.05) is 45.4 Å². The summed E-state index contributed by atoms with van der Waals surface area (Å²) in [5.41, 5.74) is 0. The van der Waals surface area contributed by atoms with Crippen molar-refractivity contribution in [1.82, 2.24) is 0 Å². The largest absolute Gasteiger partial charge is 0.472 e. The first-order valence-electron chi connectivity index (χ1n) is 21.1. The summed E-state index contributed by atoms with van der Waals surface area (Å²) >= 11 is 0. The molecule has 0 aromatic rings. The van der Waals surface area contributed by atoms with Crippen molar-refractivity contribution in [3.05, 3.63) is 60.8 Å². The van der Waals surface area contributed by atoms with E-state index in [1.165, 1.54) is 25.7 Å². The number of rotatable bonds is 37. The van der Waals surface area contributed by atoms with Crippen LogP contribution in [0.15, 0.2) is 60.8 Å². The number of hydrogen-bond acceptors (Lipinski definition) is 8. The Hall–Kier alpha value is -2.33. The van der Waals surface area contributed by atoms with Crippen LogP contribution in [0.4, 0.5) is 0 Å². The van der Waals surface area contributed by atoms with E-state index in [9.17, 15) is 24.2 Å². The van der Waals surface area contributed by atoms with E-state index in [1.54, 1.807) is 6.08 Å². The highest BCUT2D eigenvalue weighted by Crippen LogP contribution is 2.43. The number of aliphatic hydroxyl groups excluding tert-OH is 1. The maximum atomic E-state index is 12.7. The number of aliphatic hydroxyl groups is 1. The smallest absolute Gasteiger partial charge is 0.462 e. The van der Waals surface area contributed by atoms with Crippen molar-refractivity contribution >= 4 is 19.8 Å². The molecule has 0 amide bonds. The quantitative estimate of drug-likeness (QED) is 0.0158. The predicted molar refractivity (Wildman–Crippen MR) is 225 cm³/mol. The van der Waals surface area contributed by atoms with Crippen LogP contribution >= 0.6 is 7.82 Å². The number of nitrogens with zero attached hydrogens (tertiary/aromatic N) is 1. The van der Waals surface area contributed by atoms with Gasteiger partial charge < -0.3 is 24.0 Å². The number of allylic oxidation sites excluding steroid dienone is 8. The second-order valence-corrected chi connectivity index (χ2v) is 16.6. The van der Waals surface area contributed by atoms with Gasteiger partial charge in [-0.25, -0.2) is 4.57 Å². The molecule has 0 aliphatic carbocycles. The molecular formula is C44H79NO9P+. The minimum Gasteiger partial charge on any atom is -0.462 e. The summed E-state index contributed by atoms with van der Waals surface area (Å²) in [6.45, 7) is 4.10. The molecule has 2 N–H and O–H groups in total. The van der Waals surface area contributed by atoms with Crippen LogP contribution in [0.1, 0.15) is 149 Å². The number of phosphoric acid groups is 1. The molecule has 0 heterocycles. The first kappa shape index (κ1) is 52.7. The van der Waals surface area contributed by atoms with Gasteiger partial charge in [-0.3, -0.25) is 18.6 Å². The standard InChI is InChI=1S/C44H78NO9P/c1-6-8-10-11-12-13-14-15-16-17-18-21-24-27-31-35-43(47)51-39-42(40-53-55(49,50)52-38-37-45(3,4)5)54-44(48)36-32-28-25-22-19-20-23-26-30-34-41(46)33-29-9-7-2/h9,12-13,15-16,23,26,29-30,34,41-42,46H,6-8,10-11,14,17-22,24-25,27-28,31-33,35-40H2,1-5H3/p+1/b13-12-,16-15-,26-23+,29-9+,34-30+/t41?,42-/m1/s1. The number of quaternary nitrogens is 1. The number of phosphoric ester groups is 1. The first-order valence-corrected chi connectivity index (χ1v) is 22.6. The van der Waals surface area contributed by atoms with Crippen molar-refractivity contribution in [3.8, 4) is 0 Å². The summed E-state index contributed by atoms with van der Waals surface area (Å²) < 4.78 is 34.2. The summed E-state index contributed by atoms with van der Waals surface area (Å²) in [6.07, 6.45) is 38.8. The van der Waals surface area contributed by atoms with Crippen LogP contribution in [0, 0.1) is 0 Å². The van der Waals surface area contributed by atoms with Gasteiger partial charge in [-0.15, -0.1) is 0 Å². The number of likely N-dealkylation sites (N-methyl/N-ethyl adjacent to an activating group) is 1. The second kappa shape index (κ2) is 36.0. The lowest BCUT2D eigenvalue weighted by Crippen LogP contribution is -2.37. The van der Waals surface area contributed by atoms with Crippen LogP contribution in [0.5, 0.6) is 0 Å². The maximum Gasteiger partial charge on any atom is 0.472 e. The molecule has 0 rings (SSSR count). The molecular weight excluding hydrogens is 717 g/mol. The molecule has 0 saturated carbocycles. The number of unbranched alkanes of at least 4 members (excludes halogenated alkanes) is 13. The van der Waals surface area contributed by atoms with Gasteiger partial charge in [0, 0.05) is 12.8 Å². The topological polar surface area (TPSA) is 129 Å². The Morgan fingerprint density at radius 2 is 1.25 bits per heavy atom. The number of carbonyl (C=O) groups is 2. The summed E-state index contributed by atoms with van der Waals surface area (Å²) in [5.74, 6) is -0.874. The monoisotopic (exact) mass is 797 g/mol. The lowest BCUT2D eigenvalue weighted by atomic mass is 10.1. The molecule has 0 aromatic carbocycles. The highest BCUT2D eigenvalue weighted by molar-refractivity contribution is 7.47. The first-order chi connectivity index (χ1) is 26.4. The molecule has 3 atom stereocenters. The molecule has 10 nitrogen and oxygen atoms in total. The SMILES string of the molecule is CC/C=C/CC(O)/C=C/C=C/CCCCCCCC(=O)O[C@H](COC(=O)CCCCCCC/C=C\C/C=C\CCCCC)COP(=O)(O)OCC[N+](C)(C)C. The van der Waals surface area contributed by atoms with E-state index in [0.717, 1.165) is 77.0 Å². The van der Waals surface area contributed by atoms with Crippen molar-refractivity contribution in [3.63, 3.8) is 0 Å². The fourth-order valence-electron chi connectivity index (χ4n) is 5.25. The second-order valence-electron chi connectivity index (χ2n) is 15.2. The van der Waals surface area contributed by atoms with Crippen molar-refractivity contribution in [2.24, 2.45) is 0 Å². The Labute approximate surface area is 335 Å². The van der Waals surface area contributed by atoms with Crippen molar-refractivity contribution in [2.75, 3.05) is 47.5 Å². The third-order valence-electron chi connectivity index (χ3n) is 8.61. The Morgan fingerprint density at radius 1 is 0.673 bits per heavy atom. The summed E-state index contributed by atoms with van der Waals surface area (Å²) in [5, 5.41) is 9.88. The van der Waals surface area contributed by atoms with Gasteiger partial charge in [0.05, 0.1) is 33.9 Å². The summed E-state index contributed by atoms with van der Waals surface area (Å²) in [4.78, 5) is 35.3. The summed E-state index contributed by atoms with van der Waals surface area (Å²) in [7, 11) is 1.41. The molecule has 0 aromatic heterocycles. The van der Waals surface area contributed by atoms with Gasteiger partial charge in [-0.05, 0) is 70.6 Å².